The van der Waals surface area contributed by atoms with Crippen LogP contribution in [0.25, 0.3) is 11.2 Å². The number of imidazole rings is 1. The van der Waals surface area contributed by atoms with Gasteiger partial charge < -0.3 is 9.72 Å². The summed E-state index contributed by atoms with van der Waals surface area (Å²) in [5.41, 5.74) is 1.77. The number of H-pyrrole nitrogens is 1. The average molecular weight is 203 g/mol. The van der Waals surface area contributed by atoms with Gasteiger partial charge >= 0.3 is 0 Å². The predicted octanol–water partition coefficient (Wildman–Crippen LogP) is 2.23. The van der Waals surface area contributed by atoms with Crippen LogP contribution < -0.4 is 4.74 Å². The fraction of sp³-hybridized carbons (Fsp3) is 0.455. The van der Waals surface area contributed by atoms with E-state index in [1.54, 1.807) is 0 Å². The lowest BCUT2D eigenvalue weighted by Gasteiger charge is -1.99. The first kappa shape index (κ1) is 8.71. The second kappa shape index (κ2) is 3.22. The largest absolute Gasteiger partial charge is 0.478 e. The molecule has 3 rings (SSSR count). The molecule has 4 heteroatoms. The van der Waals surface area contributed by atoms with Crippen LogP contribution in [0.15, 0.2) is 12.1 Å². The zero-order valence-corrected chi connectivity index (χ0v) is 8.66. The summed E-state index contributed by atoms with van der Waals surface area (Å²) in [5.74, 6) is 2.36. The number of hydrogen-bond donors (Lipinski definition) is 1. The Bertz CT molecular complexity index is 488. The first-order valence-electron chi connectivity index (χ1n) is 5.36. The van der Waals surface area contributed by atoms with Crippen LogP contribution in [0.5, 0.6) is 5.88 Å². The van der Waals surface area contributed by atoms with Gasteiger partial charge in [-0.3, -0.25) is 0 Å². The SMILES string of the molecule is CCOc1ccc2[nH]c(C3CC3)nc2n1. The van der Waals surface area contributed by atoms with E-state index in [2.05, 4.69) is 15.0 Å². The molecule has 0 spiro atoms. The highest BCUT2D eigenvalue weighted by Crippen LogP contribution is 2.38. The van der Waals surface area contributed by atoms with Crippen molar-refractivity contribution < 1.29 is 4.74 Å². The number of nitrogens with one attached hydrogen (secondary N) is 1. The lowest BCUT2D eigenvalue weighted by atomic mass is 10.4. The van der Waals surface area contributed by atoms with E-state index in [1.807, 2.05) is 19.1 Å². The molecule has 0 amide bonds. The van der Waals surface area contributed by atoms with Gasteiger partial charge in [-0.15, -0.1) is 0 Å². The molecule has 2 heterocycles. The summed E-state index contributed by atoms with van der Waals surface area (Å²) in [6.07, 6.45) is 2.50. The molecule has 0 atom stereocenters. The van der Waals surface area contributed by atoms with E-state index in [9.17, 15) is 0 Å². The van der Waals surface area contributed by atoms with Crippen LogP contribution in [0.4, 0.5) is 0 Å². The molecule has 0 unspecified atom stereocenters. The number of ether oxygens (including phenoxy) is 1. The molecular weight excluding hydrogens is 190 g/mol. The lowest BCUT2D eigenvalue weighted by Crippen LogP contribution is -1.93. The van der Waals surface area contributed by atoms with E-state index in [-0.39, 0.29) is 0 Å². The zero-order valence-electron chi connectivity index (χ0n) is 8.66. The van der Waals surface area contributed by atoms with Crippen LogP contribution in [0, 0.1) is 0 Å². The third kappa shape index (κ3) is 1.56. The number of aromatic amines is 1. The van der Waals surface area contributed by atoms with Crippen molar-refractivity contribution in [1.29, 1.82) is 0 Å². The highest BCUT2D eigenvalue weighted by Gasteiger charge is 2.26. The van der Waals surface area contributed by atoms with Gasteiger partial charge in [-0.25, -0.2) is 4.98 Å². The van der Waals surface area contributed by atoms with E-state index >= 15 is 0 Å². The quantitative estimate of drug-likeness (QED) is 0.832. The monoisotopic (exact) mass is 203 g/mol. The molecule has 2 aromatic heterocycles. The molecule has 1 N–H and O–H groups in total. The summed E-state index contributed by atoms with van der Waals surface area (Å²) < 4.78 is 5.33. The molecule has 15 heavy (non-hydrogen) atoms. The summed E-state index contributed by atoms with van der Waals surface area (Å²) in [5, 5.41) is 0. The standard InChI is InChI=1S/C11H13N3O/c1-2-15-9-6-5-8-11(13-9)14-10(12-8)7-3-4-7/h5-7H,2-4H2,1H3,(H,12,13,14). The van der Waals surface area contributed by atoms with E-state index in [4.69, 9.17) is 4.74 Å². The molecule has 0 aromatic carbocycles. The Labute approximate surface area is 87.7 Å². The first-order chi connectivity index (χ1) is 7.36. The Morgan fingerprint density at radius 3 is 3.00 bits per heavy atom. The van der Waals surface area contributed by atoms with Gasteiger partial charge in [0.05, 0.1) is 12.1 Å². The van der Waals surface area contributed by atoms with E-state index < -0.39 is 0 Å². The molecule has 0 radical (unpaired) electrons. The summed E-state index contributed by atoms with van der Waals surface area (Å²) in [7, 11) is 0. The molecule has 0 saturated heterocycles. The van der Waals surface area contributed by atoms with Crippen molar-refractivity contribution in [2.75, 3.05) is 6.61 Å². The molecule has 78 valence electrons. The molecule has 0 aliphatic heterocycles. The maximum Gasteiger partial charge on any atom is 0.215 e. The van der Waals surface area contributed by atoms with Crippen LogP contribution in [-0.4, -0.2) is 21.6 Å². The van der Waals surface area contributed by atoms with Gasteiger partial charge in [0.2, 0.25) is 5.88 Å². The van der Waals surface area contributed by atoms with Crippen LogP contribution in [-0.2, 0) is 0 Å². The van der Waals surface area contributed by atoms with Crippen LogP contribution >= 0.6 is 0 Å². The number of pyridine rings is 1. The first-order valence-corrected chi connectivity index (χ1v) is 5.36. The summed E-state index contributed by atoms with van der Waals surface area (Å²) in [6.45, 7) is 2.59. The Hall–Kier alpha value is -1.58. The van der Waals surface area contributed by atoms with Gasteiger partial charge in [0.25, 0.3) is 0 Å². The van der Waals surface area contributed by atoms with Gasteiger partial charge in [0, 0.05) is 12.0 Å². The minimum Gasteiger partial charge on any atom is -0.478 e. The average Bonchev–Trinajstić information content (AvgIpc) is 2.99. The third-order valence-corrected chi connectivity index (χ3v) is 2.59. The molecule has 0 bridgehead atoms. The van der Waals surface area contributed by atoms with Crippen molar-refractivity contribution in [2.24, 2.45) is 0 Å². The fourth-order valence-corrected chi connectivity index (χ4v) is 1.67. The van der Waals surface area contributed by atoms with Crippen molar-refractivity contribution in [3.05, 3.63) is 18.0 Å². The summed E-state index contributed by atoms with van der Waals surface area (Å²) in [4.78, 5) is 12.1. The fourth-order valence-electron chi connectivity index (χ4n) is 1.67. The van der Waals surface area contributed by atoms with Gasteiger partial charge in [-0.05, 0) is 25.8 Å². The number of nitrogens with zero attached hydrogens (tertiary/aromatic N) is 2. The van der Waals surface area contributed by atoms with Crippen molar-refractivity contribution in [3.63, 3.8) is 0 Å². The summed E-state index contributed by atoms with van der Waals surface area (Å²) >= 11 is 0. The van der Waals surface area contributed by atoms with Crippen LogP contribution in [0.1, 0.15) is 31.5 Å². The summed E-state index contributed by atoms with van der Waals surface area (Å²) in [6, 6.07) is 3.85. The van der Waals surface area contributed by atoms with Crippen molar-refractivity contribution in [1.82, 2.24) is 15.0 Å². The lowest BCUT2D eigenvalue weighted by molar-refractivity contribution is 0.328. The highest BCUT2D eigenvalue weighted by atomic mass is 16.5. The maximum absolute atomic E-state index is 5.33. The van der Waals surface area contributed by atoms with Crippen molar-refractivity contribution in [3.8, 4) is 5.88 Å². The maximum atomic E-state index is 5.33. The molecule has 2 aromatic rings. The second-order valence-corrected chi connectivity index (χ2v) is 3.85. The Morgan fingerprint density at radius 2 is 2.27 bits per heavy atom. The normalized spacial score (nSPS) is 15.8. The zero-order chi connectivity index (χ0) is 10.3. The molecule has 1 fully saturated rings. The number of hydrogen-bond acceptors (Lipinski definition) is 3. The highest BCUT2D eigenvalue weighted by molar-refractivity contribution is 5.71. The van der Waals surface area contributed by atoms with E-state index in [1.165, 1.54) is 12.8 Å². The molecular formula is C11H13N3O. The van der Waals surface area contributed by atoms with E-state index in [0.717, 1.165) is 17.0 Å². The number of aromatic nitrogens is 3. The second-order valence-electron chi connectivity index (χ2n) is 3.85. The smallest absolute Gasteiger partial charge is 0.215 e. The predicted molar refractivity (Wildman–Crippen MR) is 57.0 cm³/mol. The Morgan fingerprint density at radius 1 is 1.40 bits per heavy atom. The molecule has 1 aliphatic carbocycles. The number of rotatable bonds is 3. The van der Waals surface area contributed by atoms with Gasteiger partial charge in [-0.2, -0.15) is 4.98 Å². The van der Waals surface area contributed by atoms with Gasteiger partial charge in [0.1, 0.15) is 5.82 Å². The molecule has 4 nitrogen and oxygen atoms in total. The molecule has 1 aliphatic rings. The van der Waals surface area contributed by atoms with Gasteiger partial charge in [0.15, 0.2) is 5.65 Å². The minimum absolute atomic E-state index is 0.634. The van der Waals surface area contributed by atoms with Crippen molar-refractivity contribution in [2.45, 2.75) is 25.7 Å². The Balaban J connectivity index is 2.02. The minimum atomic E-state index is 0.634. The Kier molecular flexibility index (Phi) is 1.87. The topological polar surface area (TPSA) is 50.8 Å². The van der Waals surface area contributed by atoms with Crippen LogP contribution in [0.2, 0.25) is 0 Å². The number of fused-ring (bicyclic) bond motifs is 1. The van der Waals surface area contributed by atoms with Crippen molar-refractivity contribution >= 4 is 11.2 Å². The molecule has 1 saturated carbocycles. The van der Waals surface area contributed by atoms with Crippen LogP contribution in [0.3, 0.4) is 0 Å². The third-order valence-electron chi connectivity index (χ3n) is 2.59. The van der Waals surface area contributed by atoms with E-state index in [0.29, 0.717) is 18.4 Å². The van der Waals surface area contributed by atoms with Gasteiger partial charge in [-0.1, -0.05) is 0 Å².